The number of halogens is 1. The van der Waals surface area contributed by atoms with Gasteiger partial charge in [0.05, 0.1) is 0 Å². The van der Waals surface area contributed by atoms with Crippen LogP contribution in [0.25, 0.3) is 33.3 Å². The van der Waals surface area contributed by atoms with E-state index in [4.69, 9.17) is 16.3 Å². The van der Waals surface area contributed by atoms with Gasteiger partial charge in [-0.25, -0.2) is 4.98 Å². The lowest BCUT2D eigenvalue weighted by atomic mass is 9.99. The summed E-state index contributed by atoms with van der Waals surface area (Å²) in [6.07, 6.45) is 5.35. The van der Waals surface area contributed by atoms with Crippen LogP contribution in [0.1, 0.15) is 25.5 Å². The fourth-order valence-corrected chi connectivity index (χ4v) is 4.71. The number of fused-ring (bicyclic) bond motifs is 1. The largest absolute Gasteiger partial charge is 0.381 e. The highest BCUT2D eigenvalue weighted by molar-refractivity contribution is 6.33. The molecule has 1 aliphatic heterocycles. The zero-order valence-electron chi connectivity index (χ0n) is 19.2. The fourth-order valence-electron chi connectivity index (χ4n) is 4.43. The van der Waals surface area contributed by atoms with Crippen LogP contribution in [0.4, 0.5) is 5.95 Å². The van der Waals surface area contributed by atoms with Gasteiger partial charge in [-0.15, -0.1) is 0 Å². The molecule has 8 heteroatoms. The van der Waals surface area contributed by atoms with Gasteiger partial charge in [0.2, 0.25) is 5.95 Å². The van der Waals surface area contributed by atoms with E-state index in [1.165, 1.54) is 0 Å². The highest BCUT2D eigenvalue weighted by atomic mass is 35.5. The first-order chi connectivity index (χ1) is 16.5. The highest BCUT2D eigenvalue weighted by Gasteiger charge is 2.18. The van der Waals surface area contributed by atoms with Crippen molar-refractivity contribution in [2.45, 2.75) is 39.3 Å². The fraction of sp³-hybridized carbons (Fsp3) is 0.308. The summed E-state index contributed by atoms with van der Waals surface area (Å²) in [4.78, 5) is 27.0. The standard InChI is InChI=1S/C26H26ClN5O2/c1-3-32-24-18(15-29-26(31-24)30-19-8-11-34-12-9-19)13-22(25(32)33)21-7-6-17(14-23(21)27)20-5-4-10-28-16(20)2/h4-7,10,13-15,19H,3,8-9,11-12H2,1-2H3,(H,29,30,31). The van der Waals surface area contributed by atoms with E-state index in [0.717, 1.165) is 48.3 Å². The summed E-state index contributed by atoms with van der Waals surface area (Å²) in [5.74, 6) is 0.531. The van der Waals surface area contributed by atoms with Crippen LogP contribution < -0.4 is 10.9 Å². The summed E-state index contributed by atoms with van der Waals surface area (Å²) in [6, 6.07) is 11.8. The molecule has 0 unspecified atom stereocenters. The van der Waals surface area contributed by atoms with Crippen molar-refractivity contribution in [1.82, 2.24) is 19.5 Å². The van der Waals surface area contributed by atoms with E-state index >= 15 is 0 Å². The minimum Gasteiger partial charge on any atom is -0.381 e. The molecule has 4 aromatic rings. The van der Waals surface area contributed by atoms with E-state index in [9.17, 15) is 4.79 Å². The second-order valence-electron chi connectivity index (χ2n) is 8.44. The number of hydrogen-bond acceptors (Lipinski definition) is 6. The summed E-state index contributed by atoms with van der Waals surface area (Å²) in [5, 5.41) is 4.68. The number of nitrogens with zero attached hydrogens (tertiary/aromatic N) is 4. The number of rotatable bonds is 5. The topological polar surface area (TPSA) is 81.9 Å². The molecule has 0 saturated carbocycles. The normalized spacial score (nSPS) is 14.4. The lowest BCUT2D eigenvalue weighted by molar-refractivity contribution is 0.0903. The van der Waals surface area contributed by atoms with Gasteiger partial charge in [0, 0.05) is 71.0 Å². The highest BCUT2D eigenvalue weighted by Crippen LogP contribution is 2.32. The van der Waals surface area contributed by atoms with Gasteiger partial charge in [0.15, 0.2) is 0 Å². The second-order valence-corrected chi connectivity index (χ2v) is 8.85. The van der Waals surface area contributed by atoms with Crippen molar-refractivity contribution >= 4 is 28.6 Å². The Morgan fingerprint density at radius 1 is 1.12 bits per heavy atom. The van der Waals surface area contributed by atoms with Crippen molar-refractivity contribution in [1.29, 1.82) is 0 Å². The zero-order chi connectivity index (χ0) is 23.7. The minimum atomic E-state index is -0.127. The van der Waals surface area contributed by atoms with E-state index in [0.29, 0.717) is 34.3 Å². The monoisotopic (exact) mass is 475 g/mol. The number of hydrogen-bond donors (Lipinski definition) is 1. The van der Waals surface area contributed by atoms with Crippen LogP contribution in [-0.2, 0) is 11.3 Å². The molecule has 0 atom stereocenters. The molecule has 0 spiro atoms. The van der Waals surface area contributed by atoms with Crippen LogP contribution in [0.5, 0.6) is 0 Å². The quantitative estimate of drug-likeness (QED) is 0.432. The molecule has 0 bridgehead atoms. The molecule has 0 aliphatic carbocycles. The third-order valence-corrected chi connectivity index (χ3v) is 6.59. The number of aromatic nitrogens is 4. The third kappa shape index (κ3) is 4.29. The summed E-state index contributed by atoms with van der Waals surface area (Å²) in [7, 11) is 0. The van der Waals surface area contributed by atoms with Gasteiger partial charge in [-0.3, -0.25) is 14.3 Å². The van der Waals surface area contributed by atoms with Crippen LogP contribution in [0.3, 0.4) is 0 Å². The molecular weight excluding hydrogens is 450 g/mol. The van der Waals surface area contributed by atoms with E-state index < -0.39 is 0 Å². The second kappa shape index (κ2) is 9.52. The van der Waals surface area contributed by atoms with Crippen molar-refractivity contribution in [3.8, 4) is 22.3 Å². The van der Waals surface area contributed by atoms with Crippen molar-refractivity contribution in [2.24, 2.45) is 0 Å². The van der Waals surface area contributed by atoms with Gasteiger partial charge in [-0.1, -0.05) is 29.8 Å². The van der Waals surface area contributed by atoms with Crippen LogP contribution in [0.2, 0.25) is 5.02 Å². The molecule has 1 aromatic carbocycles. The molecule has 7 nitrogen and oxygen atoms in total. The smallest absolute Gasteiger partial charge is 0.260 e. The molecule has 1 fully saturated rings. The van der Waals surface area contributed by atoms with Gasteiger partial charge in [0.25, 0.3) is 5.56 Å². The lowest BCUT2D eigenvalue weighted by Gasteiger charge is -2.23. The Kier molecular flexibility index (Phi) is 6.30. The molecule has 1 aliphatic rings. The van der Waals surface area contributed by atoms with Crippen LogP contribution in [-0.4, -0.2) is 38.8 Å². The van der Waals surface area contributed by atoms with Crippen molar-refractivity contribution in [3.05, 3.63) is 69.9 Å². The number of anilines is 1. The Balaban J connectivity index is 1.55. The molecular formula is C26H26ClN5O2. The number of ether oxygens (including phenoxy) is 1. The first kappa shape index (κ1) is 22.5. The summed E-state index contributed by atoms with van der Waals surface area (Å²) >= 11 is 6.70. The first-order valence-electron chi connectivity index (χ1n) is 11.5. The van der Waals surface area contributed by atoms with Crippen molar-refractivity contribution in [2.75, 3.05) is 18.5 Å². The molecule has 5 rings (SSSR count). The molecule has 174 valence electrons. The number of nitrogens with one attached hydrogen (secondary N) is 1. The Hall–Kier alpha value is -3.29. The van der Waals surface area contributed by atoms with E-state index in [-0.39, 0.29) is 11.6 Å². The van der Waals surface area contributed by atoms with Crippen molar-refractivity contribution in [3.63, 3.8) is 0 Å². The zero-order valence-corrected chi connectivity index (χ0v) is 20.0. The predicted molar refractivity (Wildman–Crippen MR) is 135 cm³/mol. The molecule has 0 radical (unpaired) electrons. The molecule has 0 amide bonds. The van der Waals surface area contributed by atoms with Crippen LogP contribution >= 0.6 is 11.6 Å². The van der Waals surface area contributed by atoms with Gasteiger partial charge in [0.1, 0.15) is 5.65 Å². The third-order valence-electron chi connectivity index (χ3n) is 6.27. The molecule has 4 heterocycles. The molecule has 1 N–H and O–H groups in total. The van der Waals surface area contributed by atoms with Gasteiger partial charge in [-0.05, 0) is 50.5 Å². The SMILES string of the molecule is CCn1c(=O)c(-c2ccc(-c3cccnc3C)cc2Cl)cc2cnc(NC3CCOCC3)nc21. The number of aryl methyl sites for hydroxylation is 2. The average Bonchev–Trinajstić information content (AvgIpc) is 2.85. The summed E-state index contributed by atoms with van der Waals surface area (Å²) < 4.78 is 7.10. The van der Waals surface area contributed by atoms with E-state index in [1.54, 1.807) is 17.0 Å². The maximum Gasteiger partial charge on any atom is 0.260 e. The van der Waals surface area contributed by atoms with Gasteiger partial charge < -0.3 is 10.1 Å². The molecule has 1 saturated heterocycles. The van der Waals surface area contributed by atoms with Crippen LogP contribution in [0, 0.1) is 6.92 Å². The Morgan fingerprint density at radius 2 is 1.94 bits per heavy atom. The van der Waals surface area contributed by atoms with Gasteiger partial charge in [-0.2, -0.15) is 4.98 Å². The lowest BCUT2D eigenvalue weighted by Crippen LogP contribution is -2.29. The Labute approximate surface area is 202 Å². The first-order valence-corrected chi connectivity index (χ1v) is 11.9. The van der Waals surface area contributed by atoms with Crippen LogP contribution in [0.15, 0.2) is 53.6 Å². The Bertz CT molecular complexity index is 1410. The van der Waals surface area contributed by atoms with E-state index in [2.05, 4.69) is 20.3 Å². The van der Waals surface area contributed by atoms with E-state index in [1.807, 2.05) is 50.2 Å². The Morgan fingerprint density at radius 3 is 2.68 bits per heavy atom. The molecule has 34 heavy (non-hydrogen) atoms. The average molecular weight is 476 g/mol. The predicted octanol–water partition coefficient (Wildman–Crippen LogP) is 5.09. The number of pyridine rings is 2. The molecule has 3 aromatic heterocycles. The van der Waals surface area contributed by atoms with Gasteiger partial charge >= 0.3 is 0 Å². The number of benzene rings is 1. The summed E-state index contributed by atoms with van der Waals surface area (Å²) in [6.45, 7) is 5.85. The minimum absolute atomic E-state index is 0.127. The van der Waals surface area contributed by atoms with Crippen molar-refractivity contribution < 1.29 is 4.74 Å². The maximum absolute atomic E-state index is 13.5. The summed E-state index contributed by atoms with van der Waals surface area (Å²) in [5.41, 5.74) is 4.60. The maximum atomic E-state index is 13.5.